The molecule has 1 unspecified atom stereocenters. The first kappa shape index (κ1) is 26.0. The number of nitrogens with zero attached hydrogens (tertiary/aromatic N) is 1. The summed E-state index contributed by atoms with van der Waals surface area (Å²) in [5.41, 5.74) is 1.19. The standard InChI is InChI=1S/C28H34Cl2N2O3/c1-4-13-32(2)14-12-27(21-6-5-7-23(33)17-21)18-22(10-11-28(27,19-32)35-3)31-26(34)16-20-8-9-24(29)25(30)15-20/h4-9,15,17,22H,1,10-14,16,18-19H2,2-3H3,(H-,31,33,34)/p+1/t22-,27-,28?,32-/m0/s1. The van der Waals surface area contributed by atoms with E-state index in [-0.39, 0.29) is 29.5 Å². The lowest BCUT2D eigenvalue weighted by Gasteiger charge is -2.61. The summed E-state index contributed by atoms with van der Waals surface area (Å²) in [5.74, 6) is 0.217. The molecule has 188 valence electrons. The van der Waals surface area contributed by atoms with Gasteiger partial charge in [-0.15, -0.1) is 0 Å². The number of amides is 1. The molecule has 1 aliphatic heterocycles. The van der Waals surface area contributed by atoms with Gasteiger partial charge in [0.15, 0.2) is 0 Å². The van der Waals surface area contributed by atoms with Crippen molar-refractivity contribution >= 4 is 29.1 Å². The number of phenolic OH excluding ortho intramolecular Hbond substituents is 1. The van der Waals surface area contributed by atoms with E-state index in [0.29, 0.717) is 10.0 Å². The molecule has 2 aromatic carbocycles. The normalized spacial score (nSPS) is 30.3. The minimum atomic E-state index is -0.401. The van der Waals surface area contributed by atoms with Crippen LogP contribution in [-0.4, -0.2) is 60.9 Å². The Morgan fingerprint density at radius 1 is 1.26 bits per heavy atom. The molecule has 1 amide bonds. The number of carbonyl (C=O) groups is 1. The highest BCUT2D eigenvalue weighted by Gasteiger charge is 2.62. The monoisotopic (exact) mass is 517 g/mol. The fourth-order valence-corrected chi connectivity index (χ4v) is 6.79. The van der Waals surface area contributed by atoms with Crippen molar-refractivity contribution < 1.29 is 19.1 Å². The van der Waals surface area contributed by atoms with Crippen LogP contribution in [0, 0.1) is 0 Å². The third kappa shape index (κ3) is 5.10. The van der Waals surface area contributed by atoms with E-state index in [1.165, 1.54) is 0 Å². The van der Waals surface area contributed by atoms with Gasteiger partial charge in [0.25, 0.3) is 0 Å². The summed E-state index contributed by atoms with van der Waals surface area (Å²) < 4.78 is 7.29. The second-order valence-corrected chi connectivity index (χ2v) is 11.3. The molecule has 1 aliphatic carbocycles. The lowest BCUT2D eigenvalue weighted by Crippen LogP contribution is -2.72. The molecule has 2 fully saturated rings. The minimum Gasteiger partial charge on any atom is -0.508 e. The number of halogens is 2. The summed E-state index contributed by atoms with van der Waals surface area (Å²) in [5, 5.41) is 14.5. The molecule has 1 saturated heterocycles. The first-order valence-electron chi connectivity index (χ1n) is 12.2. The number of piperidine rings is 1. The molecule has 35 heavy (non-hydrogen) atoms. The fourth-order valence-electron chi connectivity index (χ4n) is 6.47. The quantitative estimate of drug-likeness (QED) is 0.388. The van der Waals surface area contributed by atoms with Crippen LogP contribution < -0.4 is 5.32 Å². The van der Waals surface area contributed by atoms with Crippen LogP contribution in [0.3, 0.4) is 0 Å². The van der Waals surface area contributed by atoms with Crippen molar-refractivity contribution in [2.24, 2.45) is 0 Å². The van der Waals surface area contributed by atoms with Crippen LogP contribution in [0.2, 0.25) is 10.0 Å². The zero-order valence-electron chi connectivity index (χ0n) is 20.5. The molecule has 5 nitrogen and oxygen atoms in total. The van der Waals surface area contributed by atoms with E-state index in [4.69, 9.17) is 27.9 Å². The molecule has 7 heteroatoms. The summed E-state index contributed by atoms with van der Waals surface area (Å²) in [6.45, 7) is 6.68. The number of methoxy groups -OCH3 is 1. The molecular weight excluding hydrogens is 483 g/mol. The first-order valence-corrected chi connectivity index (χ1v) is 12.9. The largest absolute Gasteiger partial charge is 0.508 e. The molecule has 2 aromatic rings. The Labute approximate surface area is 218 Å². The molecule has 2 N–H and O–H groups in total. The maximum absolute atomic E-state index is 13.0. The third-order valence-electron chi connectivity index (χ3n) is 8.15. The number of hydrogen-bond acceptors (Lipinski definition) is 3. The maximum atomic E-state index is 13.0. The summed E-state index contributed by atoms with van der Waals surface area (Å²) in [6.07, 6.45) is 5.53. The van der Waals surface area contributed by atoms with E-state index in [1.54, 1.807) is 18.2 Å². The Bertz CT molecular complexity index is 1110. The average Bonchev–Trinajstić information content (AvgIpc) is 2.81. The lowest BCUT2D eigenvalue weighted by molar-refractivity contribution is -0.918. The van der Waals surface area contributed by atoms with Crippen molar-refractivity contribution in [3.8, 4) is 5.75 Å². The maximum Gasteiger partial charge on any atom is 0.224 e. The van der Waals surface area contributed by atoms with E-state index in [0.717, 1.165) is 60.9 Å². The molecule has 1 heterocycles. The van der Waals surface area contributed by atoms with Gasteiger partial charge in [-0.1, -0.05) is 48.0 Å². The highest BCUT2D eigenvalue weighted by Crippen LogP contribution is 2.54. The van der Waals surface area contributed by atoms with Crippen molar-refractivity contribution in [3.05, 3.63) is 76.3 Å². The molecule has 4 rings (SSSR count). The van der Waals surface area contributed by atoms with Crippen molar-refractivity contribution in [1.29, 1.82) is 0 Å². The van der Waals surface area contributed by atoms with Gasteiger partial charge in [-0.3, -0.25) is 4.79 Å². The third-order valence-corrected chi connectivity index (χ3v) is 8.89. The number of carbonyl (C=O) groups excluding carboxylic acids is 1. The number of likely N-dealkylation sites (tertiary alicyclic amines) is 1. The number of hydrogen-bond donors (Lipinski definition) is 2. The van der Waals surface area contributed by atoms with E-state index < -0.39 is 5.60 Å². The number of ether oxygens (including phenoxy) is 1. The zero-order valence-corrected chi connectivity index (χ0v) is 22.0. The number of likely N-dealkylation sites (N-methyl/N-ethyl adjacent to an activating group) is 1. The predicted octanol–water partition coefficient (Wildman–Crippen LogP) is 5.27. The molecule has 0 bridgehead atoms. The molecular formula is C28H35Cl2N2O3+. The van der Waals surface area contributed by atoms with Gasteiger partial charge in [0, 0.05) is 25.0 Å². The van der Waals surface area contributed by atoms with Crippen molar-refractivity contribution in [1.82, 2.24) is 5.32 Å². The van der Waals surface area contributed by atoms with Crippen LogP contribution in [0.5, 0.6) is 5.75 Å². The molecule has 0 radical (unpaired) electrons. The zero-order chi connectivity index (χ0) is 25.3. The highest BCUT2D eigenvalue weighted by molar-refractivity contribution is 6.42. The Kier molecular flexibility index (Phi) is 7.54. The van der Waals surface area contributed by atoms with Crippen LogP contribution in [-0.2, 0) is 21.4 Å². The van der Waals surface area contributed by atoms with Gasteiger partial charge >= 0.3 is 0 Å². The van der Waals surface area contributed by atoms with Crippen LogP contribution in [0.4, 0.5) is 0 Å². The van der Waals surface area contributed by atoms with Crippen molar-refractivity contribution in [3.63, 3.8) is 0 Å². The van der Waals surface area contributed by atoms with Crippen LogP contribution in [0.25, 0.3) is 0 Å². The Morgan fingerprint density at radius 2 is 2.06 bits per heavy atom. The minimum absolute atomic E-state index is 0.00663. The van der Waals surface area contributed by atoms with Crippen molar-refractivity contribution in [2.75, 3.05) is 33.8 Å². The summed E-state index contributed by atoms with van der Waals surface area (Å²) >= 11 is 12.2. The fraction of sp³-hybridized carbons (Fsp3) is 0.464. The number of fused-ring (bicyclic) bond motifs is 1. The second-order valence-electron chi connectivity index (χ2n) is 10.5. The first-order chi connectivity index (χ1) is 16.6. The molecule has 2 aliphatic rings. The van der Waals surface area contributed by atoms with Crippen LogP contribution in [0.15, 0.2) is 55.1 Å². The van der Waals surface area contributed by atoms with Gasteiger partial charge in [0.05, 0.1) is 36.6 Å². The van der Waals surface area contributed by atoms with E-state index in [2.05, 4.69) is 25.0 Å². The van der Waals surface area contributed by atoms with Gasteiger partial charge in [-0.05, 0) is 60.7 Å². The van der Waals surface area contributed by atoms with E-state index >= 15 is 0 Å². The summed E-state index contributed by atoms with van der Waals surface area (Å²) in [7, 11) is 4.07. The van der Waals surface area contributed by atoms with E-state index in [9.17, 15) is 9.90 Å². The van der Waals surface area contributed by atoms with E-state index in [1.807, 2.05) is 31.4 Å². The smallest absolute Gasteiger partial charge is 0.224 e. The van der Waals surface area contributed by atoms with Gasteiger partial charge in [-0.25, -0.2) is 0 Å². The Balaban J connectivity index is 1.61. The van der Waals surface area contributed by atoms with Crippen molar-refractivity contribution in [2.45, 2.75) is 49.2 Å². The Morgan fingerprint density at radius 3 is 2.74 bits per heavy atom. The predicted molar refractivity (Wildman–Crippen MR) is 141 cm³/mol. The van der Waals surface area contributed by atoms with Crippen LogP contribution >= 0.6 is 23.2 Å². The topological polar surface area (TPSA) is 58.6 Å². The summed E-state index contributed by atoms with van der Waals surface area (Å²) in [6, 6.07) is 12.9. The van der Waals surface area contributed by atoms with Gasteiger partial charge in [0.1, 0.15) is 17.9 Å². The van der Waals surface area contributed by atoms with Crippen LogP contribution in [0.1, 0.15) is 36.8 Å². The average molecular weight is 519 g/mol. The SMILES string of the molecule is C=CC[N@@+]1(C)CC[C@@]2(c3cccc(O)c3)C[C@@H](NC(=O)Cc3ccc(Cl)c(Cl)c3)CCC2(OC)C1. The highest BCUT2D eigenvalue weighted by atomic mass is 35.5. The molecule has 1 saturated carbocycles. The van der Waals surface area contributed by atoms with Gasteiger partial charge < -0.3 is 19.6 Å². The molecule has 0 aromatic heterocycles. The number of aromatic hydroxyl groups is 1. The molecule has 0 spiro atoms. The van der Waals surface area contributed by atoms with Gasteiger partial charge in [0.2, 0.25) is 5.91 Å². The summed E-state index contributed by atoms with van der Waals surface area (Å²) in [4.78, 5) is 13.0. The number of benzene rings is 2. The van der Waals surface area contributed by atoms with Gasteiger partial charge in [-0.2, -0.15) is 0 Å². The lowest BCUT2D eigenvalue weighted by atomic mass is 9.54. The molecule has 4 atom stereocenters. The number of quaternary nitrogens is 1. The number of nitrogens with one attached hydrogen (secondary N) is 1. The number of phenols is 1. The Hall–Kier alpha value is -2.05. The second kappa shape index (κ2) is 10.1. The number of rotatable bonds is 7.